The Balaban J connectivity index is 1.71. The van der Waals surface area contributed by atoms with E-state index in [-0.39, 0.29) is 18.1 Å². The Bertz CT molecular complexity index is 993. The first-order valence-corrected chi connectivity index (χ1v) is 9.22. The predicted molar refractivity (Wildman–Crippen MR) is 106 cm³/mol. The summed E-state index contributed by atoms with van der Waals surface area (Å²) in [6.45, 7) is 1.96. The fourth-order valence-electron chi connectivity index (χ4n) is 2.39. The zero-order valence-electron chi connectivity index (χ0n) is 16.0. The second-order valence-corrected chi connectivity index (χ2v) is 7.40. The lowest BCUT2D eigenvalue weighted by Crippen LogP contribution is -2.26. The minimum Gasteiger partial charge on any atom is -0.497 e. The van der Waals surface area contributed by atoms with E-state index in [9.17, 15) is 9.59 Å². The fourth-order valence-corrected chi connectivity index (χ4v) is 3.22. The van der Waals surface area contributed by atoms with E-state index in [1.165, 1.54) is 27.1 Å². The van der Waals surface area contributed by atoms with E-state index in [2.05, 4.69) is 20.6 Å². The summed E-state index contributed by atoms with van der Waals surface area (Å²) < 4.78 is 6.49. The van der Waals surface area contributed by atoms with Gasteiger partial charge < -0.3 is 9.64 Å². The molecule has 0 atom stereocenters. The lowest BCUT2D eigenvalue weighted by atomic mass is 10.1. The van der Waals surface area contributed by atoms with Crippen molar-refractivity contribution in [3.63, 3.8) is 0 Å². The molecule has 0 saturated heterocycles. The molecular formula is C18H20N6O3S. The van der Waals surface area contributed by atoms with Crippen LogP contribution >= 0.6 is 11.3 Å². The molecule has 2 amide bonds. The second kappa shape index (κ2) is 8.17. The highest BCUT2D eigenvalue weighted by atomic mass is 32.1. The monoisotopic (exact) mass is 400 g/mol. The number of amides is 2. The van der Waals surface area contributed by atoms with Gasteiger partial charge in [-0.1, -0.05) is 5.21 Å². The van der Waals surface area contributed by atoms with Gasteiger partial charge in [-0.3, -0.25) is 14.9 Å². The Morgan fingerprint density at radius 2 is 1.96 bits per heavy atom. The van der Waals surface area contributed by atoms with Gasteiger partial charge in [-0.2, -0.15) is 0 Å². The van der Waals surface area contributed by atoms with Crippen molar-refractivity contribution in [2.75, 3.05) is 26.5 Å². The smallest absolute Gasteiger partial charge is 0.279 e. The van der Waals surface area contributed by atoms with E-state index < -0.39 is 5.91 Å². The van der Waals surface area contributed by atoms with E-state index >= 15 is 0 Å². The normalized spacial score (nSPS) is 10.6. The lowest BCUT2D eigenvalue weighted by Gasteiger charge is -2.08. The molecule has 9 nitrogen and oxygen atoms in total. The van der Waals surface area contributed by atoms with Crippen molar-refractivity contribution >= 4 is 28.3 Å². The summed E-state index contributed by atoms with van der Waals surface area (Å²) in [4.78, 5) is 31.1. The van der Waals surface area contributed by atoms with Crippen LogP contribution in [0.25, 0.3) is 11.3 Å². The third kappa shape index (κ3) is 4.34. The number of carbonyl (C=O) groups is 2. The molecule has 2 aromatic heterocycles. The molecule has 0 aliphatic carbocycles. The maximum atomic E-state index is 12.4. The SMILES string of the molecule is COc1ccc(-c2nc(NC(=O)c3cn(CC(=O)N(C)C)nn3)sc2C)cc1. The quantitative estimate of drug-likeness (QED) is 0.679. The third-order valence-electron chi connectivity index (χ3n) is 3.95. The van der Waals surface area contributed by atoms with Gasteiger partial charge in [0.15, 0.2) is 10.8 Å². The Labute approximate surface area is 166 Å². The number of aryl methyl sites for hydroxylation is 1. The van der Waals surface area contributed by atoms with E-state index in [0.29, 0.717) is 5.13 Å². The molecule has 0 unspecified atom stereocenters. The van der Waals surface area contributed by atoms with Gasteiger partial charge >= 0.3 is 0 Å². The molecule has 0 radical (unpaired) electrons. The second-order valence-electron chi connectivity index (χ2n) is 6.20. The van der Waals surface area contributed by atoms with Gasteiger partial charge in [-0.25, -0.2) is 9.67 Å². The molecule has 1 N–H and O–H groups in total. The van der Waals surface area contributed by atoms with Crippen LogP contribution in [0.2, 0.25) is 0 Å². The molecule has 2 heterocycles. The van der Waals surface area contributed by atoms with Crippen LogP contribution in [0, 0.1) is 6.92 Å². The Morgan fingerprint density at radius 3 is 2.61 bits per heavy atom. The molecule has 3 rings (SSSR count). The first kappa shape index (κ1) is 19.5. The number of benzene rings is 1. The van der Waals surface area contributed by atoms with Crippen LogP contribution in [-0.4, -0.2) is 57.9 Å². The van der Waals surface area contributed by atoms with Crippen molar-refractivity contribution < 1.29 is 14.3 Å². The first-order valence-electron chi connectivity index (χ1n) is 8.41. The minimum absolute atomic E-state index is 0.0191. The zero-order chi connectivity index (χ0) is 20.3. The number of rotatable bonds is 6. The zero-order valence-corrected chi connectivity index (χ0v) is 16.8. The number of anilines is 1. The maximum Gasteiger partial charge on any atom is 0.279 e. The van der Waals surface area contributed by atoms with E-state index in [0.717, 1.165) is 21.9 Å². The molecule has 3 aromatic rings. The van der Waals surface area contributed by atoms with E-state index in [1.807, 2.05) is 31.2 Å². The molecular weight excluding hydrogens is 380 g/mol. The Morgan fingerprint density at radius 1 is 1.25 bits per heavy atom. The molecule has 10 heteroatoms. The van der Waals surface area contributed by atoms with Crippen molar-refractivity contribution in [3.8, 4) is 17.0 Å². The van der Waals surface area contributed by atoms with Crippen LogP contribution in [0.3, 0.4) is 0 Å². The number of aromatic nitrogens is 4. The largest absolute Gasteiger partial charge is 0.497 e. The van der Waals surface area contributed by atoms with Gasteiger partial charge in [0.2, 0.25) is 5.91 Å². The van der Waals surface area contributed by atoms with Crippen LogP contribution < -0.4 is 10.1 Å². The molecule has 0 saturated carbocycles. The average molecular weight is 400 g/mol. The number of methoxy groups -OCH3 is 1. The predicted octanol–water partition coefficient (Wildman–Crippen LogP) is 2.06. The lowest BCUT2D eigenvalue weighted by molar-refractivity contribution is -0.129. The molecule has 0 spiro atoms. The summed E-state index contributed by atoms with van der Waals surface area (Å²) in [6.07, 6.45) is 1.43. The summed E-state index contributed by atoms with van der Waals surface area (Å²) in [5.74, 6) is 0.191. The Hall–Kier alpha value is -3.27. The molecule has 146 valence electrons. The van der Waals surface area contributed by atoms with Gasteiger partial charge in [0, 0.05) is 24.5 Å². The van der Waals surface area contributed by atoms with E-state index in [4.69, 9.17) is 4.74 Å². The van der Waals surface area contributed by atoms with Crippen molar-refractivity contribution in [3.05, 3.63) is 41.0 Å². The van der Waals surface area contributed by atoms with Crippen LogP contribution in [0.5, 0.6) is 5.75 Å². The summed E-state index contributed by atoms with van der Waals surface area (Å²) in [6, 6.07) is 7.55. The van der Waals surface area contributed by atoms with Crippen molar-refractivity contribution in [2.45, 2.75) is 13.5 Å². The van der Waals surface area contributed by atoms with Gasteiger partial charge in [0.05, 0.1) is 19.0 Å². The van der Waals surface area contributed by atoms with Crippen molar-refractivity contribution in [2.24, 2.45) is 0 Å². The van der Waals surface area contributed by atoms with Crippen LogP contribution in [0.15, 0.2) is 30.5 Å². The number of thiazole rings is 1. The van der Waals surface area contributed by atoms with Crippen molar-refractivity contribution in [1.82, 2.24) is 24.9 Å². The number of likely N-dealkylation sites (N-methyl/N-ethyl adjacent to an activating group) is 1. The number of hydrogen-bond acceptors (Lipinski definition) is 7. The highest BCUT2D eigenvalue weighted by Crippen LogP contribution is 2.31. The Kier molecular flexibility index (Phi) is 5.69. The topological polar surface area (TPSA) is 102 Å². The molecule has 1 aromatic carbocycles. The summed E-state index contributed by atoms with van der Waals surface area (Å²) >= 11 is 1.37. The first-order chi connectivity index (χ1) is 13.4. The molecule has 0 fully saturated rings. The molecule has 0 aliphatic rings. The van der Waals surface area contributed by atoms with Gasteiger partial charge in [-0.05, 0) is 31.2 Å². The van der Waals surface area contributed by atoms with Crippen molar-refractivity contribution in [1.29, 1.82) is 0 Å². The fraction of sp³-hybridized carbons (Fsp3) is 0.278. The van der Waals surface area contributed by atoms with E-state index in [1.54, 1.807) is 21.2 Å². The number of nitrogens with one attached hydrogen (secondary N) is 1. The highest BCUT2D eigenvalue weighted by molar-refractivity contribution is 7.16. The average Bonchev–Trinajstić information content (AvgIpc) is 3.28. The summed E-state index contributed by atoms with van der Waals surface area (Å²) in [7, 11) is 4.92. The molecule has 0 bridgehead atoms. The van der Waals surface area contributed by atoms with Gasteiger partial charge in [0.25, 0.3) is 5.91 Å². The maximum absolute atomic E-state index is 12.4. The number of hydrogen-bond donors (Lipinski definition) is 1. The van der Waals surface area contributed by atoms with Crippen LogP contribution in [0.1, 0.15) is 15.4 Å². The van der Waals surface area contributed by atoms with Gasteiger partial charge in [0.1, 0.15) is 12.3 Å². The number of ether oxygens (including phenoxy) is 1. The summed E-state index contributed by atoms with van der Waals surface area (Å²) in [5.41, 5.74) is 1.84. The minimum atomic E-state index is -0.432. The number of nitrogens with zero attached hydrogens (tertiary/aromatic N) is 5. The highest BCUT2D eigenvalue weighted by Gasteiger charge is 2.16. The third-order valence-corrected chi connectivity index (χ3v) is 4.83. The van der Waals surface area contributed by atoms with Crippen LogP contribution in [0.4, 0.5) is 5.13 Å². The molecule has 0 aliphatic heterocycles. The number of carbonyl (C=O) groups excluding carboxylic acids is 2. The summed E-state index contributed by atoms with van der Waals surface area (Å²) in [5, 5.41) is 10.8. The van der Waals surface area contributed by atoms with Gasteiger partial charge in [-0.15, -0.1) is 16.4 Å². The molecule has 28 heavy (non-hydrogen) atoms. The standard InChI is InChI=1S/C18H20N6O3S/c1-11-16(12-5-7-13(27-4)8-6-12)19-18(28-11)20-17(26)14-9-24(22-21-14)10-15(25)23(2)3/h5-9H,10H2,1-4H3,(H,19,20,26). The van der Waals surface area contributed by atoms with Crippen LogP contribution in [-0.2, 0) is 11.3 Å².